The second-order valence-corrected chi connectivity index (χ2v) is 5.32. The lowest BCUT2D eigenvalue weighted by atomic mass is 10.1. The minimum absolute atomic E-state index is 0.0638. The molecular formula is C14H18N2OS. The van der Waals surface area contributed by atoms with Crippen molar-refractivity contribution in [3.05, 3.63) is 23.8 Å². The maximum Gasteiger partial charge on any atom is 0.226 e. The van der Waals surface area contributed by atoms with Gasteiger partial charge in [-0.15, -0.1) is 0 Å². The van der Waals surface area contributed by atoms with Crippen LogP contribution in [-0.4, -0.2) is 10.9 Å². The number of rotatable bonds is 5. The number of carbonyl (C=O) groups is 1. The average molecular weight is 262 g/mol. The van der Waals surface area contributed by atoms with Gasteiger partial charge in [0, 0.05) is 6.42 Å². The van der Waals surface area contributed by atoms with E-state index in [9.17, 15) is 4.79 Å². The number of aromatic nitrogens is 1. The highest BCUT2D eigenvalue weighted by Gasteiger charge is 2.09. The van der Waals surface area contributed by atoms with Gasteiger partial charge in [0.05, 0.1) is 10.2 Å². The summed E-state index contributed by atoms with van der Waals surface area (Å²) in [4.78, 5) is 16.2. The first-order chi connectivity index (χ1) is 8.74. The first-order valence-electron chi connectivity index (χ1n) is 6.42. The zero-order valence-corrected chi connectivity index (χ0v) is 11.6. The van der Waals surface area contributed by atoms with Crippen LogP contribution in [0.5, 0.6) is 0 Å². The molecule has 0 unspecified atom stereocenters. The van der Waals surface area contributed by atoms with Crippen LogP contribution in [0.4, 0.5) is 5.13 Å². The maximum atomic E-state index is 11.7. The van der Waals surface area contributed by atoms with E-state index in [0.29, 0.717) is 11.6 Å². The molecule has 1 N–H and O–H groups in total. The third kappa shape index (κ3) is 2.88. The molecule has 0 atom stereocenters. The SMILES string of the molecule is CCCCC(=O)Nc1nc2c(CC)cccc2s1. The van der Waals surface area contributed by atoms with E-state index in [1.54, 1.807) is 11.3 Å². The van der Waals surface area contributed by atoms with Gasteiger partial charge in [-0.3, -0.25) is 4.79 Å². The quantitative estimate of drug-likeness (QED) is 0.885. The number of hydrogen-bond acceptors (Lipinski definition) is 3. The van der Waals surface area contributed by atoms with Gasteiger partial charge in [0.25, 0.3) is 0 Å². The summed E-state index contributed by atoms with van der Waals surface area (Å²) in [5.41, 5.74) is 2.26. The molecule has 1 heterocycles. The van der Waals surface area contributed by atoms with Crippen LogP contribution < -0.4 is 5.32 Å². The van der Waals surface area contributed by atoms with E-state index in [-0.39, 0.29) is 5.91 Å². The molecule has 0 bridgehead atoms. The molecule has 0 radical (unpaired) electrons. The smallest absolute Gasteiger partial charge is 0.226 e. The molecule has 1 aromatic carbocycles. The van der Waals surface area contributed by atoms with Gasteiger partial charge in [-0.1, -0.05) is 43.7 Å². The standard InChI is InChI=1S/C14H18N2OS/c1-3-5-9-12(17)15-14-16-13-10(4-2)7-6-8-11(13)18-14/h6-8H,3-5,9H2,1-2H3,(H,15,16,17). The predicted molar refractivity (Wildman–Crippen MR) is 77.2 cm³/mol. The Hall–Kier alpha value is -1.42. The van der Waals surface area contributed by atoms with Crippen molar-refractivity contribution in [1.82, 2.24) is 4.98 Å². The minimum atomic E-state index is 0.0638. The average Bonchev–Trinajstić information content (AvgIpc) is 2.78. The van der Waals surface area contributed by atoms with Crippen LogP contribution in [0.25, 0.3) is 10.2 Å². The van der Waals surface area contributed by atoms with Gasteiger partial charge in [0.15, 0.2) is 5.13 Å². The number of carbonyl (C=O) groups excluding carboxylic acids is 1. The number of benzene rings is 1. The van der Waals surface area contributed by atoms with Crippen LogP contribution in [0.2, 0.25) is 0 Å². The molecule has 0 spiro atoms. The van der Waals surface area contributed by atoms with Crippen molar-refractivity contribution in [2.24, 2.45) is 0 Å². The highest BCUT2D eigenvalue weighted by Crippen LogP contribution is 2.28. The lowest BCUT2D eigenvalue weighted by Gasteiger charge is -1.99. The summed E-state index contributed by atoms with van der Waals surface area (Å²) in [5, 5.41) is 3.60. The zero-order chi connectivity index (χ0) is 13.0. The number of anilines is 1. The number of aryl methyl sites for hydroxylation is 1. The molecule has 2 aromatic rings. The first kappa shape index (κ1) is 13.0. The molecule has 96 valence electrons. The van der Waals surface area contributed by atoms with Crippen molar-refractivity contribution in [3.63, 3.8) is 0 Å². The third-order valence-electron chi connectivity index (χ3n) is 2.89. The Morgan fingerprint density at radius 2 is 2.22 bits per heavy atom. The molecular weight excluding hydrogens is 244 g/mol. The number of fused-ring (bicyclic) bond motifs is 1. The Bertz CT molecular complexity index is 548. The molecule has 2 rings (SSSR count). The summed E-state index contributed by atoms with van der Waals surface area (Å²) in [6, 6.07) is 6.18. The Morgan fingerprint density at radius 1 is 1.39 bits per heavy atom. The molecule has 18 heavy (non-hydrogen) atoms. The highest BCUT2D eigenvalue weighted by molar-refractivity contribution is 7.22. The number of amides is 1. The van der Waals surface area contributed by atoms with Crippen molar-refractivity contribution >= 4 is 32.6 Å². The van der Waals surface area contributed by atoms with Crippen molar-refractivity contribution in [1.29, 1.82) is 0 Å². The van der Waals surface area contributed by atoms with E-state index in [2.05, 4.69) is 30.2 Å². The first-order valence-corrected chi connectivity index (χ1v) is 7.24. The molecule has 0 aliphatic heterocycles. The summed E-state index contributed by atoms with van der Waals surface area (Å²) >= 11 is 1.55. The Morgan fingerprint density at radius 3 is 2.94 bits per heavy atom. The van der Waals surface area contributed by atoms with Gasteiger partial charge in [-0.2, -0.15) is 0 Å². The van der Waals surface area contributed by atoms with E-state index in [0.717, 1.165) is 29.5 Å². The zero-order valence-electron chi connectivity index (χ0n) is 10.8. The summed E-state index contributed by atoms with van der Waals surface area (Å²) in [7, 11) is 0. The fraction of sp³-hybridized carbons (Fsp3) is 0.429. The molecule has 3 nitrogen and oxygen atoms in total. The van der Waals surface area contributed by atoms with Crippen LogP contribution in [-0.2, 0) is 11.2 Å². The Balaban J connectivity index is 2.17. The number of unbranched alkanes of at least 4 members (excludes halogenated alkanes) is 1. The van der Waals surface area contributed by atoms with Crippen molar-refractivity contribution < 1.29 is 4.79 Å². The summed E-state index contributed by atoms with van der Waals surface area (Å²) in [6.07, 6.45) is 3.50. The van der Waals surface area contributed by atoms with E-state index < -0.39 is 0 Å². The van der Waals surface area contributed by atoms with Crippen LogP contribution in [0.1, 0.15) is 38.7 Å². The molecule has 0 aliphatic rings. The van der Waals surface area contributed by atoms with Crippen molar-refractivity contribution in [2.45, 2.75) is 39.5 Å². The second kappa shape index (κ2) is 5.96. The topological polar surface area (TPSA) is 42.0 Å². The van der Waals surface area contributed by atoms with E-state index in [1.165, 1.54) is 5.56 Å². The van der Waals surface area contributed by atoms with E-state index in [1.807, 2.05) is 12.1 Å². The molecule has 1 amide bonds. The van der Waals surface area contributed by atoms with Gasteiger partial charge in [0.2, 0.25) is 5.91 Å². The van der Waals surface area contributed by atoms with Crippen molar-refractivity contribution in [2.75, 3.05) is 5.32 Å². The molecule has 0 saturated heterocycles. The monoisotopic (exact) mass is 262 g/mol. The van der Waals surface area contributed by atoms with E-state index >= 15 is 0 Å². The number of thiazole rings is 1. The lowest BCUT2D eigenvalue weighted by Crippen LogP contribution is -2.10. The van der Waals surface area contributed by atoms with Crippen LogP contribution >= 0.6 is 11.3 Å². The van der Waals surface area contributed by atoms with Crippen LogP contribution in [0, 0.1) is 0 Å². The number of nitrogens with one attached hydrogen (secondary N) is 1. The predicted octanol–water partition coefficient (Wildman–Crippen LogP) is 3.99. The van der Waals surface area contributed by atoms with Gasteiger partial charge in [-0.25, -0.2) is 4.98 Å². The van der Waals surface area contributed by atoms with Crippen LogP contribution in [0.3, 0.4) is 0 Å². The van der Waals surface area contributed by atoms with Crippen molar-refractivity contribution in [3.8, 4) is 0 Å². The molecule has 0 saturated carbocycles. The molecule has 1 aromatic heterocycles. The summed E-state index contributed by atoms with van der Waals surface area (Å²) in [5.74, 6) is 0.0638. The fourth-order valence-electron chi connectivity index (χ4n) is 1.86. The molecule has 0 fully saturated rings. The van der Waals surface area contributed by atoms with E-state index in [4.69, 9.17) is 0 Å². The summed E-state index contributed by atoms with van der Waals surface area (Å²) in [6.45, 7) is 4.20. The molecule has 4 heteroatoms. The fourth-order valence-corrected chi connectivity index (χ4v) is 2.79. The Kier molecular flexibility index (Phi) is 4.31. The highest BCUT2D eigenvalue weighted by atomic mass is 32.1. The normalized spacial score (nSPS) is 10.8. The number of nitrogens with zero attached hydrogens (tertiary/aromatic N) is 1. The third-order valence-corrected chi connectivity index (χ3v) is 3.82. The minimum Gasteiger partial charge on any atom is -0.302 e. The molecule has 0 aliphatic carbocycles. The van der Waals surface area contributed by atoms with Gasteiger partial charge < -0.3 is 5.32 Å². The Labute approximate surface area is 111 Å². The summed E-state index contributed by atoms with van der Waals surface area (Å²) < 4.78 is 1.14. The van der Waals surface area contributed by atoms with Gasteiger partial charge in [-0.05, 0) is 24.5 Å². The number of para-hydroxylation sites is 1. The largest absolute Gasteiger partial charge is 0.302 e. The van der Waals surface area contributed by atoms with Gasteiger partial charge in [0.1, 0.15) is 0 Å². The maximum absolute atomic E-state index is 11.7. The number of hydrogen-bond donors (Lipinski definition) is 1. The van der Waals surface area contributed by atoms with Gasteiger partial charge >= 0.3 is 0 Å². The lowest BCUT2D eigenvalue weighted by molar-refractivity contribution is -0.116. The van der Waals surface area contributed by atoms with Crippen LogP contribution in [0.15, 0.2) is 18.2 Å². The second-order valence-electron chi connectivity index (χ2n) is 4.29.